The molecule has 0 aliphatic rings. The summed E-state index contributed by atoms with van der Waals surface area (Å²) in [5, 5.41) is 3.10. The maximum atomic E-state index is 12.9. The Morgan fingerprint density at radius 1 is 1.00 bits per heavy atom. The van der Waals surface area contributed by atoms with Crippen LogP contribution in [0.15, 0.2) is 71.6 Å². The maximum absolute atomic E-state index is 12.9. The fourth-order valence-corrected chi connectivity index (χ4v) is 4.00. The normalized spacial score (nSPS) is 10.5. The maximum Gasteiger partial charge on any atom is 0.255 e. The molecule has 3 aromatic carbocycles. The number of rotatable bonds is 7. The second-order valence-corrected chi connectivity index (χ2v) is 7.59. The minimum absolute atomic E-state index is 0.0994. The molecule has 0 aliphatic carbocycles. The third kappa shape index (κ3) is 4.76. The van der Waals surface area contributed by atoms with E-state index in [4.69, 9.17) is 4.74 Å². The number of para-hydroxylation sites is 1. The van der Waals surface area contributed by atoms with E-state index in [1.165, 1.54) is 4.90 Å². The number of hydrogen-bond acceptors (Lipinski definition) is 3. The highest BCUT2D eigenvalue weighted by atomic mass is 32.2. The molecule has 0 spiro atoms. The molecule has 3 nitrogen and oxygen atoms in total. The SMILES string of the molecule is CCc1cccc(C)c1NC(=O)c1ccc(OC)c(CSc2ccccc2)c1. The third-order valence-electron chi connectivity index (χ3n) is 4.66. The number of carbonyl (C=O) groups is 1. The van der Waals surface area contributed by atoms with E-state index in [9.17, 15) is 4.79 Å². The number of ether oxygens (including phenoxy) is 1. The molecular formula is C24H25NO2S. The second-order valence-electron chi connectivity index (χ2n) is 6.55. The van der Waals surface area contributed by atoms with Crippen LogP contribution in [0, 0.1) is 6.92 Å². The molecule has 3 aromatic rings. The molecule has 0 unspecified atom stereocenters. The van der Waals surface area contributed by atoms with Crippen molar-refractivity contribution >= 4 is 23.4 Å². The lowest BCUT2D eigenvalue weighted by molar-refractivity contribution is 0.102. The number of methoxy groups -OCH3 is 1. The molecule has 0 aromatic heterocycles. The lowest BCUT2D eigenvalue weighted by atomic mass is 10.0. The van der Waals surface area contributed by atoms with Crippen molar-refractivity contribution in [3.05, 3.63) is 89.0 Å². The molecule has 0 aliphatic heterocycles. The number of thioether (sulfide) groups is 1. The monoisotopic (exact) mass is 391 g/mol. The van der Waals surface area contributed by atoms with Crippen molar-refractivity contribution in [2.24, 2.45) is 0 Å². The number of hydrogen-bond donors (Lipinski definition) is 1. The van der Waals surface area contributed by atoms with Gasteiger partial charge in [0.25, 0.3) is 5.91 Å². The molecule has 0 atom stereocenters. The van der Waals surface area contributed by atoms with Gasteiger partial charge in [0.05, 0.1) is 7.11 Å². The van der Waals surface area contributed by atoms with E-state index in [1.807, 2.05) is 55.5 Å². The summed E-state index contributed by atoms with van der Waals surface area (Å²) in [6, 6.07) is 21.9. The zero-order valence-corrected chi connectivity index (χ0v) is 17.3. The van der Waals surface area contributed by atoms with Crippen molar-refractivity contribution in [3.63, 3.8) is 0 Å². The molecule has 1 N–H and O–H groups in total. The average Bonchev–Trinajstić information content (AvgIpc) is 2.74. The highest BCUT2D eigenvalue weighted by molar-refractivity contribution is 7.98. The fourth-order valence-electron chi connectivity index (χ4n) is 3.10. The van der Waals surface area contributed by atoms with Crippen molar-refractivity contribution < 1.29 is 9.53 Å². The molecule has 1 amide bonds. The Hall–Kier alpha value is -2.72. The number of amides is 1. The van der Waals surface area contributed by atoms with Crippen molar-refractivity contribution in [2.45, 2.75) is 30.9 Å². The molecule has 0 saturated heterocycles. The van der Waals surface area contributed by atoms with Crippen LogP contribution in [-0.4, -0.2) is 13.0 Å². The summed E-state index contributed by atoms with van der Waals surface area (Å²) in [5.41, 5.74) is 4.76. The first kappa shape index (κ1) is 20.0. The van der Waals surface area contributed by atoms with Crippen LogP contribution in [0.25, 0.3) is 0 Å². The Balaban J connectivity index is 1.81. The molecule has 28 heavy (non-hydrogen) atoms. The smallest absolute Gasteiger partial charge is 0.255 e. The summed E-state index contributed by atoms with van der Waals surface area (Å²) < 4.78 is 5.50. The van der Waals surface area contributed by atoms with E-state index in [-0.39, 0.29) is 5.91 Å². The zero-order chi connectivity index (χ0) is 19.9. The van der Waals surface area contributed by atoms with Crippen molar-refractivity contribution in [3.8, 4) is 5.75 Å². The zero-order valence-electron chi connectivity index (χ0n) is 16.5. The van der Waals surface area contributed by atoms with Gasteiger partial charge in [0.1, 0.15) is 5.75 Å². The number of carbonyl (C=O) groups excluding carboxylic acids is 1. The van der Waals surface area contributed by atoms with E-state index < -0.39 is 0 Å². The molecule has 0 radical (unpaired) electrons. The molecule has 0 heterocycles. The predicted octanol–water partition coefficient (Wildman–Crippen LogP) is 6.11. The minimum atomic E-state index is -0.0994. The molecule has 144 valence electrons. The van der Waals surface area contributed by atoms with Crippen LogP contribution in [0.3, 0.4) is 0 Å². The largest absolute Gasteiger partial charge is 0.496 e. The minimum Gasteiger partial charge on any atom is -0.496 e. The number of aryl methyl sites for hydroxylation is 2. The Kier molecular flexibility index (Phi) is 6.77. The van der Waals surface area contributed by atoms with Gasteiger partial charge in [-0.3, -0.25) is 4.79 Å². The number of benzene rings is 3. The van der Waals surface area contributed by atoms with Gasteiger partial charge in [-0.05, 0) is 54.8 Å². The first-order chi connectivity index (χ1) is 13.6. The van der Waals surface area contributed by atoms with Crippen molar-refractivity contribution in [1.82, 2.24) is 0 Å². The summed E-state index contributed by atoms with van der Waals surface area (Å²) >= 11 is 1.72. The highest BCUT2D eigenvalue weighted by Crippen LogP contribution is 2.29. The van der Waals surface area contributed by atoms with Gasteiger partial charge in [-0.15, -0.1) is 11.8 Å². The van der Waals surface area contributed by atoms with Gasteiger partial charge in [0.15, 0.2) is 0 Å². The molecule has 0 saturated carbocycles. The first-order valence-corrected chi connectivity index (χ1v) is 10.4. The number of anilines is 1. The van der Waals surface area contributed by atoms with Crippen LogP contribution in [0.1, 0.15) is 34.0 Å². The molecule has 0 fully saturated rings. The van der Waals surface area contributed by atoms with Gasteiger partial charge in [0, 0.05) is 27.5 Å². The third-order valence-corrected chi connectivity index (χ3v) is 5.72. The second kappa shape index (κ2) is 9.47. The molecular weight excluding hydrogens is 366 g/mol. The molecule has 3 rings (SSSR count). The van der Waals surface area contributed by atoms with Gasteiger partial charge in [-0.1, -0.05) is 43.3 Å². The van der Waals surface area contributed by atoms with Crippen molar-refractivity contribution in [1.29, 1.82) is 0 Å². The number of nitrogens with one attached hydrogen (secondary N) is 1. The van der Waals surface area contributed by atoms with Gasteiger partial charge in [-0.25, -0.2) is 0 Å². The van der Waals surface area contributed by atoms with E-state index in [1.54, 1.807) is 18.9 Å². The Bertz CT molecular complexity index is 954. The molecule has 4 heteroatoms. The Morgan fingerprint density at radius 2 is 1.79 bits per heavy atom. The summed E-state index contributed by atoms with van der Waals surface area (Å²) in [6.07, 6.45) is 0.874. The van der Waals surface area contributed by atoms with Crippen molar-refractivity contribution in [2.75, 3.05) is 12.4 Å². The van der Waals surface area contributed by atoms with Crippen LogP contribution < -0.4 is 10.1 Å². The van der Waals surface area contributed by atoms with E-state index in [0.29, 0.717) is 5.56 Å². The van der Waals surface area contributed by atoms with Crippen LogP contribution in [0.2, 0.25) is 0 Å². The highest BCUT2D eigenvalue weighted by Gasteiger charge is 2.13. The van der Waals surface area contributed by atoms with Gasteiger partial charge >= 0.3 is 0 Å². The first-order valence-electron chi connectivity index (χ1n) is 9.37. The quantitative estimate of drug-likeness (QED) is 0.494. The molecule has 0 bridgehead atoms. The fraction of sp³-hybridized carbons (Fsp3) is 0.208. The summed E-state index contributed by atoms with van der Waals surface area (Å²) in [5.74, 6) is 1.43. The van der Waals surface area contributed by atoms with Gasteiger partial charge in [0.2, 0.25) is 0 Å². The lowest BCUT2D eigenvalue weighted by Gasteiger charge is -2.14. The summed E-state index contributed by atoms with van der Waals surface area (Å²) in [4.78, 5) is 14.1. The van der Waals surface area contributed by atoms with E-state index in [2.05, 4.69) is 30.4 Å². The van der Waals surface area contributed by atoms with Gasteiger partial charge in [-0.2, -0.15) is 0 Å². The summed E-state index contributed by atoms with van der Waals surface area (Å²) in [7, 11) is 1.66. The predicted molar refractivity (Wildman–Crippen MR) is 118 cm³/mol. The van der Waals surface area contributed by atoms with Crippen LogP contribution in [0.4, 0.5) is 5.69 Å². The topological polar surface area (TPSA) is 38.3 Å². The van der Waals surface area contributed by atoms with Crippen LogP contribution >= 0.6 is 11.8 Å². The van der Waals surface area contributed by atoms with E-state index >= 15 is 0 Å². The lowest BCUT2D eigenvalue weighted by Crippen LogP contribution is -2.14. The van der Waals surface area contributed by atoms with Gasteiger partial charge < -0.3 is 10.1 Å². The van der Waals surface area contributed by atoms with E-state index in [0.717, 1.165) is 40.3 Å². The van der Waals surface area contributed by atoms with Crippen LogP contribution in [0.5, 0.6) is 5.75 Å². The van der Waals surface area contributed by atoms with Crippen LogP contribution in [-0.2, 0) is 12.2 Å². The average molecular weight is 392 g/mol. The Labute approximate surface area is 171 Å². The standard InChI is InChI=1S/C24H25NO2S/c1-4-18-10-8-9-17(2)23(18)25-24(26)19-13-14-22(27-3)20(15-19)16-28-21-11-6-5-7-12-21/h5-15H,4,16H2,1-3H3,(H,25,26). The summed E-state index contributed by atoms with van der Waals surface area (Å²) in [6.45, 7) is 4.11. The Morgan fingerprint density at radius 3 is 2.50 bits per heavy atom.